The van der Waals surface area contributed by atoms with Crippen LogP contribution >= 0.6 is 11.3 Å². The van der Waals surface area contributed by atoms with Gasteiger partial charge < -0.3 is 4.90 Å². The molecule has 4 nitrogen and oxygen atoms in total. The third-order valence-corrected chi connectivity index (χ3v) is 5.54. The van der Waals surface area contributed by atoms with Crippen molar-refractivity contribution in [2.24, 2.45) is 0 Å². The molecule has 124 valence electrons. The first kappa shape index (κ1) is 15.5. The van der Waals surface area contributed by atoms with E-state index >= 15 is 0 Å². The van der Waals surface area contributed by atoms with Crippen LogP contribution in [-0.4, -0.2) is 41.0 Å². The fraction of sp³-hybridized carbons (Fsp3) is 0.368. The van der Waals surface area contributed by atoms with Crippen molar-refractivity contribution in [2.75, 3.05) is 31.1 Å². The van der Waals surface area contributed by atoms with Gasteiger partial charge in [0.1, 0.15) is 12.1 Å². The first-order valence-corrected chi connectivity index (χ1v) is 9.38. The number of thiophene rings is 1. The third-order valence-electron chi connectivity index (χ3n) is 4.64. The summed E-state index contributed by atoms with van der Waals surface area (Å²) in [5.74, 6) is 1.10. The fourth-order valence-electron chi connectivity index (χ4n) is 3.29. The first-order valence-electron chi connectivity index (χ1n) is 8.51. The zero-order valence-electron chi connectivity index (χ0n) is 14.0. The molecule has 4 rings (SSSR count). The molecule has 0 atom stereocenters. The average Bonchev–Trinajstić information content (AvgIpc) is 2.97. The molecule has 0 bridgehead atoms. The Morgan fingerprint density at radius 1 is 1.00 bits per heavy atom. The zero-order valence-corrected chi connectivity index (χ0v) is 14.8. The van der Waals surface area contributed by atoms with Gasteiger partial charge >= 0.3 is 0 Å². The molecule has 0 radical (unpaired) electrons. The van der Waals surface area contributed by atoms with Crippen LogP contribution in [0.4, 0.5) is 5.82 Å². The molecule has 3 aromatic rings. The maximum atomic E-state index is 4.57. The average molecular weight is 338 g/mol. The predicted octanol–water partition coefficient (Wildman–Crippen LogP) is 3.71. The van der Waals surface area contributed by atoms with Crippen LogP contribution < -0.4 is 4.90 Å². The second-order valence-electron chi connectivity index (χ2n) is 6.43. The summed E-state index contributed by atoms with van der Waals surface area (Å²) in [5, 5.41) is 2.10. The maximum Gasteiger partial charge on any atom is 0.150 e. The lowest BCUT2D eigenvalue weighted by atomic mass is 10.1. The highest BCUT2D eigenvalue weighted by Crippen LogP contribution is 2.28. The zero-order chi connectivity index (χ0) is 16.4. The molecule has 1 saturated heterocycles. The summed E-state index contributed by atoms with van der Waals surface area (Å²) in [4.78, 5) is 13.9. The van der Waals surface area contributed by atoms with Gasteiger partial charge in [0.05, 0.1) is 10.2 Å². The van der Waals surface area contributed by atoms with E-state index in [-0.39, 0.29) is 0 Å². The van der Waals surface area contributed by atoms with E-state index in [0.717, 1.165) is 44.1 Å². The summed E-state index contributed by atoms with van der Waals surface area (Å²) in [7, 11) is 0. The van der Waals surface area contributed by atoms with E-state index in [1.165, 1.54) is 22.2 Å². The standard InChI is InChI=1S/C19H22N4S/c1-15-3-5-16(6-4-15)13-22-8-2-9-23(11-10-22)19-18-17(7-12-24-18)20-14-21-19/h3-7,12,14H,2,8-11,13H2,1H3. The number of fused-ring (bicyclic) bond motifs is 1. The van der Waals surface area contributed by atoms with Crippen LogP contribution in [0.1, 0.15) is 17.5 Å². The largest absolute Gasteiger partial charge is 0.354 e. The predicted molar refractivity (Wildman–Crippen MR) is 101 cm³/mol. The minimum atomic E-state index is 1.02. The maximum absolute atomic E-state index is 4.57. The molecule has 0 saturated carbocycles. The van der Waals surface area contributed by atoms with Crippen LogP contribution in [0.2, 0.25) is 0 Å². The van der Waals surface area contributed by atoms with Gasteiger partial charge in [-0.1, -0.05) is 29.8 Å². The highest BCUT2D eigenvalue weighted by molar-refractivity contribution is 7.17. The quantitative estimate of drug-likeness (QED) is 0.729. The summed E-state index contributed by atoms with van der Waals surface area (Å²) in [6.45, 7) is 7.48. The van der Waals surface area contributed by atoms with Gasteiger partial charge in [-0.15, -0.1) is 11.3 Å². The van der Waals surface area contributed by atoms with Gasteiger partial charge in [0.25, 0.3) is 0 Å². The Bertz CT molecular complexity index is 812. The molecular weight excluding hydrogens is 316 g/mol. The Kier molecular flexibility index (Phi) is 4.45. The second kappa shape index (κ2) is 6.87. The lowest BCUT2D eigenvalue weighted by Crippen LogP contribution is -2.31. The number of hydrogen-bond acceptors (Lipinski definition) is 5. The Morgan fingerprint density at radius 2 is 1.88 bits per heavy atom. The van der Waals surface area contributed by atoms with Crippen molar-refractivity contribution < 1.29 is 0 Å². The summed E-state index contributed by atoms with van der Waals surface area (Å²) >= 11 is 1.74. The molecule has 0 unspecified atom stereocenters. The van der Waals surface area contributed by atoms with Crippen LogP contribution in [0.5, 0.6) is 0 Å². The van der Waals surface area contributed by atoms with E-state index in [0.29, 0.717) is 0 Å². The van der Waals surface area contributed by atoms with Gasteiger partial charge in [-0.3, -0.25) is 4.90 Å². The minimum absolute atomic E-state index is 1.02. The highest BCUT2D eigenvalue weighted by atomic mass is 32.1. The smallest absolute Gasteiger partial charge is 0.150 e. The van der Waals surface area contributed by atoms with Crippen molar-refractivity contribution in [1.82, 2.24) is 14.9 Å². The van der Waals surface area contributed by atoms with Crippen LogP contribution in [0.3, 0.4) is 0 Å². The molecule has 0 N–H and O–H groups in total. The normalized spacial score (nSPS) is 16.5. The van der Waals surface area contributed by atoms with Crippen molar-refractivity contribution in [3.63, 3.8) is 0 Å². The molecule has 0 aliphatic carbocycles. The van der Waals surface area contributed by atoms with Gasteiger partial charge in [0.15, 0.2) is 0 Å². The van der Waals surface area contributed by atoms with Gasteiger partial charge in [0.2, 0.25) is 0 Å². The number of aryl methyl sites for hydroxylation is 1. The van der Waals surface area contributed by atoms with Gasteiger partial charge in [-0.25, -0.2) is 9.97 Å². The Balaban J connectivity index is 1.46. The molecule has 1 aliphatic rings. The first-order chi connectivity index (χ1) is 11.8. The molecule has 1 aromatic carbocycles. The topological polar surface area (TPSA) is 32.3 Å². The Morgan fingerprint density at radius 3 is 2.75 bits per heavy atom. The lowest BCUT2D eigenvalue weighted by Gasteiger charge is -2.23. The molecule has 3 heterocycles. The molecule has 2 aromatic heterocycles. The minimum Gasteiger partial charge on any atom is -0.354 e. The van der Waals surface area contributed by atoms with Crippen LogP contribution in [-0.2, 0) is 6.54 Å². The molecule has 0 spiro atoms. The lowest BCUT2D eigenvalue weighted by molar-refractivity contribution is 0.285. The molecule has 5 heteroatoms. The van der Waals surface area contributed by atoms with Crippen LogP contribution in [0.15, 0.2) is 42.0 Å². The van der Waals surface area contributed by atoms with E-state index < -0.39 is 0 Å². The molecule has 1 aliphatic heterocycles. The van der Waals surface area contributed by atoms with Gasteiger partial charge in [0, 0.05) is 32.7 Å². The van der Waals surface area contributed by atoms with E-state index in [1.807, 2.05) is 0 Å². The second-order valence-corrected chi connectivity index (χ2v) is 7.35. The van der Waals surface area contributed by atoms with Crippen molar-refractivity contribution in [3.8, 4) is 0 Å². The summed E-state index contributed by atoms with van der Waals surface area (Å²) in [6.07, 6.45) is 2.86. The number of hydrogen-bond donors (Lipinski definition) is 0. The fourth-order valence-corrected chi connectivity index (χ4v) is 4.16. The molecule has 0 amide bonds. The SMILES string of the molecule is Cc1ccc(CN2CCCN(c3ncnc4ccsc34)CC2)cc1. The van der Waals surface area contributed by atoms with Gasteiger partial charge in [-0.05, 0) is 30.4 Å². The van der Waals surface area contributed by atoms with E-state index in [4.69, 9.17) is 0 Å². The number of aromatic nitrogens is 2. The van der Waals surface area contributed by atoms with Gasteiger partial charge in [-0.2, -0.15) is 0 Å². The number of nitrogens with zero attached hydrogens (tertiary/aromatic N) is 4. The van der Waals surface area contributed by atoms with Crippen molar-refractivity contribution in [1.29, 1.82) is 0 Å². The van der Waals surface area contributed by atoms with Crippen molar-refractivity contribution in [3.05, 3.63) is 53.2 Å². The van der Waals surface area contributed by atoms with E-state index in [2.05, 4.69) is 62.4 Å². The van der Waals surface area contributed by atoms with E-state index in [1.54, 1.807) is 17.7 Å². The molecule has 24 heavy (non-hydrogen) atoms. The Labute approximate surface area is 146 Å². The Hall–Kier alpha value is -1.98. The van der Waals surface area contributed by atoms with Crippen molar-refractivity contribution >= 4 is 27.4 Å². The number of rotatable bonds is 3. The monoisotopic (exact) mass is 338 g/mol. The summed E-state index contributed by atoms with van der Waals surface area (Å²) in [5.41, 5.74) is 3.78. The number of anilines is 1. The van der Waals surface area contributed by atoms with Crippen LogP contribution in [0.25, 0.3) is 10.2 Å². The molecule has 1 fully saturated rings. The summed E-state index contributed by atoms with van der Waals surface area (Å²) in [6, 6.07) is 11.0. The van der Waals surface area contributed by atoms with E-state index in [9.17, 15) is 0 Å². The highest BCUT2D eigenvalue weighted by Gasteiger charge is 2.18. The third kappa shape index (κ3) is 3.28. The molecular formula is C19H22N4S. The number of benzene rings is 1. The summed E-state index contributed by atoms with van der Waals surface area (Å²) < 4.78 is 1.21. The van der Waals surface area contributed by atoms with Crippen LogP contribution in [0, 0.1) is 6.92 Å². The van der Waals surface area contributed by atoms with Crippen molar-refractivity contribution in [2.45, 2.75) is 19.9 Å².